The zero-order chi connectivity index (χ0) is 17.1. The molecule has 1 heterocycles. The van der Waals surface area contributed by atoms with Gasteiger partial charge in [0.1, 0.15) is 0 Å². The van der Waals surface area contributed by atoms with Crippen LogP contribution in [0.25, 0.3) is 0 Å². The van der Waals surface area contributed by atoms with Crippen LogP contribution in [-0.2, 0) is 6.42 Å². The highest BCUT2D eigenvalue weighted by atomic mass is 19.2. The minimum atomic E-state index is -0.928. The fourth-order valence-electron chi connectivity index (χ4n) is 2.49. The van der Waals surface area contributed by atoms with E-state index in [1.165, 1.54) is 6.07 Å². The molecule has 5 nitrogen and oxygen atoms in total. The molecular weight excluding hydrogens is 318 g/mol. The number of rotatable bonds is 7. The summed E-state index contributed by atoms with van der Waals surface area (Å²) >= 11 is 0. The molecule has 1 aromatic carbocycles. The predicted molar refractivity (Wildman–Crippen MR) is 81.4 cm³/mol. The summed E-state index contributed by atoms with van der Waals surface area (Å²) in [6.07, 6.45) is 2.44. The topological polar surface area (TPSA) is 75.4 Å². The SMILES string of the molecule is O=C(NC[C@H](CO)Cc1ccc(F)c(F)c1)c1cc(C2CC2)no1. The maximum Gasteiger partial charge on any atom is 0.289 e. The second-order valence-electron chi connectivity index (χ2n) is 6.10. The fraction of sp³-hybridized carbons (Fsp3) is 0.412. The molecule has 0 unspecified atom stereocenters. The number of aliphatic hydroxyl groups excluding tert-OH is 1. The lowest BCUT2D eigenvalue weighted by Gasteiger charge is -2.14. The number of carbonyl (C=O) groups is 1. The van der Waals surface area contributed by atoms with Crippen molar-refractivity contribution < 1.29 is 23.2 Å². The fourth-order valence-corrected chi connectivity index (χ4v) is 2.49. The van der Waals surface area contributed by atoms with Gasteiger partial charge in [0, 0.05) is 31.1 Å². The minimum Gasteiger partial charge on any atom is -0.396 e. The average Bonchev–Trinajstić information content (AvgIpc) is 3.31. The molecule has 0 radical (unpaired) electrons. The summed E-state index contributed by atoms with van der Waals surface area (Å²) < 4.78 is 31.2. The molecule has 1 fully saturated rings. The highest BCUT2D eigenvalue weighted by Gasteiger charge is 2.28. The quantitative estimate of drug-likeness (QED) is 0.814. The molecule has 0 aliphatic heterocycles. The molecule has 1 saturated carbocycles. The van der Waals surface area contributed by atoms with E-state index in [1.54, 1.807) is 6.07 Å². The van der Waals surface area contributed by atoms with Crippen LogP contribution < -0.4 is 5.32 Å². The first-order chi connectivity index (χ1) is 11.6. The summed E-state index contributed by atoms with van der Waals surface area (Å²) in [7, 11) is 0. The van der Waals surface area contributed by atoms with Crippen LogP contribution in [0.4, 0.5) is 8.78 Å². The molecule has 1 aliphatic carbocycles. The van der Waals surface area contributed by atoms with E-state index in [4.69, 9.17) is 4.52 Å². The van der Waals surface area contributed by atoms with Crippen molar-refractivity contribution in [3.63, 3.8) is 0 Å². The van der Waals surface area contributed by atoms with E-state index in [0.29, 0.717) is 17.9 Å². The van der Waals surface area contributed by atoms with Gasteiger partial charge in [0.2, 0.25) is 5.76 Å². The number of nitrogens with zero attached hydrogens (tertiary/aromatic N) is 1. The number of halogens is 2. The third kappa shape index (κ3) is 3.97. The van der Waals surface area contributed by atoms with Gasteiger partial charge in [-0.25, -0.2) is 8.78 Å². The Kier molecular flexibility index (Phi) is 4.89. The Morgan fingerprint density at radius 3 is 2.79 bits per heavy atom. The first kappa shape index (κ1) is 16.6. The van der Waals surface area contributed by atoms with Gasteiger partial charge in [-0.1, -0.05) is 11.2 Å². The van der Waals surface area contributed by atoms with Crippen molar-refractivity contribution in [3.05, 3.63) is 52.9 Å². The molecule has 128 valence electrons. The third-order valence-electron chi connectivity index (χ3n) is 4.07. The lowest BCUT2D eigenvalue weighted by Crippen LogP contribution is -2.31. The number of amides is 1. The highest BCUT2D eigenvalue weighted by molar-refractivity contribution is 5.91. The van der Waals surface area contributed by atoms with Gasteiger partial charge in [-0.2, -0.15) is 0 Å². The molecule has 1 aliphatic rings. The smallest absolute Gasteiger partial charge is 0.289 e. The van der Waals surface area contributed by atoms with Gasteiger partial charge < -0.3 is 14.9 Å². The predicted octanol–water partition coefficient (Wildman–Crippen LogP) is 2.41. The first-order valence-electron chi connectivity index (χ1n) is 7.86. The van der Waals surface area contributed by atoms with Crippen molar-refractivity contribution in [1.29, 1.82) is 0 Å². The van der Waals surface area contributed by atoms with Crippen LogP contribution >= 0.6 is 0 Å². The maximum atomic E-state index is 13.2. The number of hydrogen-bond donors (Lipinski definition) is 2. The first-order valence-corrected chi connectivity index (χ1v) is 7.86. The zero-order valence-corrected chi connectivity index (χ0v) is 13.0. The van der Waals surface area contributed by atoms with Crippen molar-refractivity contribution in [2.75, 3.05) is 13.2 Å². The normalized spacial score (nSPS) is 15.3. The molecule has 1 aromatic heterocycles. The van der Waals surface area contributed by atoms with E-state index in [9.17, 15) is 18.7 Å². The van der Waals surface area contributed by atoms with Gasteiger partial charge in [0.15, 0.2) is 11.6 Å². The number of aromatic nitrogens is 1. The molecule has 24 heavy (non-hydrogen) atoms. The Morgan fingerprint density at radius 2 is 2.12 bits per heavy atom. The van der Waals surface area contributed by atoms with Crippen LogP contribution in [0.2, 0.25) is 0 Å². The van der Waals surface area contributed by atoms with Crippen molar-refractivity contribution in [2.45, 2.75) is 25.2 Å². The lowest BCUT2D eigenvalue weighted by atomic mass is 10.00. The summed E-state index contributed by atoms with van der Waals surface area (Å²) in [4.78, 5) is 12.0. The van der Waals surface area contributed by atoms with Crippen LogP contribution in [0.3, 0.4) is 0 Å². The van der Waals surface area contributed by atoms with Crippen LogP contribution in [0.5, 0.6) is 0 Å². The van der Waals surface area contributed by atoms with Gasteiger partial charge >= 0.3 is 0 Å². The molecular formula is C17H18F2N2O3. The Bertz CT molecular complexity index is 728. The van der Waals surface area contributed by atoms with Crippen LogP contribution in [0.1, 0.15) is 40.6 Å². The molecule has 1 amide bonds. The number of carbonyl (C=O) groups excluding carboxylic acids is 1. The van der Waals surface area contributed by atoms with Gasteiger partial charge in [0.05, 0.1) is 5.69 Å². The largest absolute Gasteiger partial charge is 0.396 e. The Balaban J connectivity index is 1.54. The average molecular weight is 336 g/mol. The zero-order valence-electron chi connectivity index (χ0n) is 13.0. The number of benzene rings is 1. The molecule has 2 N–H and O–H groups in total. The van der Waals surface area contributed by atoms with Crippen LogP contribution in [0, 0.1) is 17.6 Å². The van der Waals surface area contributed by atoms with Crippen molar-refractivity contribution in [3.8, 4) is 0 Å². The van der Waals surface area contributed by atoms with Crippen LogP contribution in [-0.4, -0.2) is 29.3 Å². The van der Waals surface area contributed by atoms with E-state index in [-0.39, 0.29) is 24.8 Å². The number of aliphatic hydroxyl groups is 1. The third-order valence-corrected chi connectivity index (χ3v) is 4.07. The van der Waals surface area contributed by atoms with E-state index < -0.39 is 17.5 Å². The molecule has 0 spiro atoms. The van der Waals surface area contributed by atoms with Crippen LogP contribution in [0.15, 0.2) is 28.8 Å². The molecule has 3 rings (SSSR count). The van der Waals surface area contributed by atoms with Gasteiger partial charge in [-0.05, 0) is 37.0 Å². The molecule has 2 aromatic rings. The summed E-state index contributed by atoms with van der Waals surface area (Å²) in [5, 5.41) is 16.0. The number of hydrogen-bond acceptors (Lipinski definition) is 4. The number of nitrogens with one attached hydrogen (secondary N) is 1. The summed E-state index contributed by atoms with van der Waals surface area (Å²) in [6, 6.07) is 5.24. The van der Waals surface area contributed by atoms with Gasteiger partial charge in [-0.15, -0.1) is 0 Å². The molecule has 7 heteroatoms. The van der Waals surface area contributed by atoms with E-state index in [0.717, 1.165) is 30.7 Å². The monoisotopic (exact) mass is 336 g/mol. The van der Waals surface area contributed by atoms with E-state index in [1.807, 2.05) is 0 Å². The lowest BCUT2D eigenvalue weighted by molar-refractivity contribution is 0.0903. The van der Waals surface area contributed by atoms with Gasteiger partial charge in [0.25, 0.3) is 5.91 Å². The van der Waals surface area contributed by atoms with Crippen molar-refractivity contribution >= 4 is 5.91 Å². The second-order valence-corrected chi connectivity index (χ2v) is 6.10. The van der Waals surface area contributed by atoms with Crippen molar-refractivity contribution in [1.82, 2.24) is 10.5 Å². The van der Waals surface area contributed by atoms with Gasteiger partial charge in [-0.3, -0.25) is 4.79 Å². The molecule has 0 saturated heterocycles. The van der Waals surface area contributed by atoms with E-state index >= 15 is 0 Å². The standard InChI is InChI=1S/C17H18F2N2O3/c18-13-4-1-10(6-14(13)19)5-11(9-22)8-20-17(23)16-7-15(21-24-16)12-2-3-12/h1,4,6-7,11-12,22H,2-3,5,8-9H2,(H,20,23)/t11-/m1/s1. The van der Waals surface area contributed by atoms with Crippen molar-refractivity contribution in [2.24, 2.45) is 5.92 Å². The summed E-state index contributed by atoms with van der Waals surface area (Å²) in [5.74, 6) is -2.02. The summed E-state index contributed by atoms with van der Waals surface area (Å²) in [5.41, 5.74) is 1.35. The maximum absolute atomic E-state index is 13.2. The summed E-state index contributed by atoms with van der Waals surface area (Å²) in [6.45, 7) is -0.00318. The Morgan fingerprint density at radius 1 is 1.33 bits per heavy atom. The minimum absolute atomic E-state index is 0.140. The Hall–Kier alpha value is -2.28. The second kappa shape index (κ2) is 7.09. The molecule has 0 bridgehead atoms. The highest BCUT2D eigenvalue weighted by Crippen LogP contribution is 2.39. The Labute approximate surface area is 137 Å². The van der Waals surface area contributed by atoms with E-state index in [2.05, 4.69) is 10.5 Å². The molecule has 1 atom stereocenters.